The van der Waals surface area contributed by atoms with Gasteiger partial charge in [0.15, 0.2) is 23.3 Å². The summed E-state index contributed by atoms with van der Waals surface area (Å²) in [4.78, 5) is 0. The number of halogens is 4. The minimum absolute atomic E-state index is 0.291. The molecule has 4 heteroatoms. The molecule has 122 valence electrons. The van der Waals surface area contributed by atoms with Crippen LogP contribution in [0.5, 0.6) is 0 Å². The van der Waals surface area contributed by atoms with E-state index in [1.165, 1.54) is 0 Å². The van der Waals surface area contributed by atoms with E-state index in [9.17, 15) is 17.6 Å². The lowest BCUT2D eigenvalue weighted by molar-refractivity contribution is 0.411. The van der Waals surface area contributed by atoms with Crippen molar-refractivity contribution in [1.82, 2.24) is 0 Å². The topological polar surface area (TPSA) is 0 Å². The third-order valence-corrected chi connectivity index (χ3v) is 3.99. The lowest BCUT2D eigenvalue weighted by Gasteiger charge is -2.16. The van der Waals surface area contributed by atoms with Gasteiger partial charge in [-0.15, -0.1) is 0 Å². The third-order valence-electron chi connectivity index (χ3n) is 3.99. The van der Waals surface area contributed by atoms with Gasteiger partial charge < -0.3 is 0 Å². The van der Waals surface area contributed by atoms with Crippen molar-refractivity contribution in [1.29, 1.82) is 0 Å². The van der Waals surface area contributed by atoms with E-state index in [1.54, 1.807) is 12.1 Å². The smallest absolute Gasteiger partial charge is 0.198 e. The molecule has 24 heavy (non-hydrogen) atoms. The van der Waals surface area contributed by atoms with Crippen molar-refractivity contribution in [3.8, 4) is 22.3 Å². The molecule has 0 atom stereocenters. The molecule has 3 aromatic carbocycles. The van der Waals surface area contributed by atoms with Gasteiger partial charge in [0.1, 0.15) is 0 Å². The van der Waals surface area contributed by atoms with Crippen LogP contribution in [-0.2, 0) is 6.42 Å². The van der Waals surface area contributed by atoms with E-state index in [4.69, 9.17) is 0 Å². The second-order valence-electron chi connectivity index (χ2n) is 5.41. The zero-order valence-corrected chi connectivity index (χ0v) is 12.9. The highest BCUT2D eigenvalue weighted by Gasteiger charge is 2.22. The van der Waals surface area contributed by atoms with Crippen LogP contribution < -0.4 is 0 Å². The molecule has 0 saturated heterocycles. The molecule has 0 aliphatic carbocycles. The first-order chi connectivity index (χ1) is 11.5. The summed E-state index contributed by atoms with van der Waals surface area (Å²) in [5.74, 6) is -6.40. The molecule has 0 amide bonds. The Balaban J connectivity index is 2.35. The van der Waals surface area contributed by atoms with Crippen molar-refractivity contribution in [2.75, 3.05) is 0 Å². The van der Waals surface area contributed by atoms with Gasteiger partial charge in [0.2, 0.25) is 0 Å². The van der Waals surface area contributed by atoms with Crippen molar-refractivity contribution in [3.05, 3.63) is 83.4 Å². The molecule has 3 aromatic rings. The first-order valence-corrected chi connectivity index (χ1v) is 7.55. The fourth-order valence-electron chi connectivity index (χ4n) is 2.83. The Morgan fingerprint density at radius 3 is 2.08 bits per heavy atom. The molecule has 3 rings (SSSR count). The number of rotatable bonds is 3. The predicted molar refractivity (Wildman–Crippen MR) is 86.5 cm³/mol. The van der Waals surface area contributed by atoms with Gasteiger partial charge in [-0.2, -0.15) is 0 Å². The maximum absolute atomic E-state index is 14.3. The highest BCUT2D eigenvalue weighted by atomic mass is 19.2. The number of benzene rings is 3. The van der Waals surface area contributed by atoms with Crippen LogP contribution in [0.15, 0.2) is 54.6 Å². The second-order valence-corrected chi connectivity index (χ2v) is 5.41. The molecule has 0 nitrogen and oxygen atoms in total. The summed E-state index contributed by atoms with van der Waals surface area (Å²) in [6.45, 7) is 1.94. The summed E-state index contributed by atoms with van der Waals surface area (Å²) in [5.41, 5.74) is 2.43. The van der Waals surface area contributed by atoms with E-state index in [1.807, 2.05) is 43.3 Å². The summed E-state index contributed by atoms with van der Waals surface area (Å²) < 4.78 is 54.8. The maximum Gasteiger partial charge on any atom is 0.198 e. The normalized spacial score (nSPS) is 10.9. The summed E-state index contributed by atoms with van der Waals surface area (Å²) in [6, 6.07) is 15.0. The molecule has 0 spiro atoms. The Bertz CT molecular complexity index is 886. The van der Waals surface area contributed by atoms with Crippen molar-refractivity contribution in [3.63, 3.8) is 0 Å². The molecule has 0 saturated carbocycles. The SMILES string of the molecule is CCc1cccc(-c2cc(F)c(F)c(F)c2F)c1-c1ccccc1. The van der Waals surface area contributed by atoms with Crippen LogP contribution in [0.2, 0.25) is 0 Å². The molecule has 0 heterocycles. The van der Waals surface area contributed by atoms with Gasteiger partial charge in [-0.25, -0.2) is 17.6 Å². The Kier molecular flexibility index (Phi) is 4.38. The summed E-state index contributed by atoms with van der Waals surface area (Å²) >= 11 is 0. The average Bonchev–Trinajstić information content (AvgIpc) is 2.63. The van der Waals surface area contributed by atoms with Crippen LogP contribution in [0.3, 0.4) is 0 Å². The standard InChI is InChI=1S/C20H14F4/c1-2-12-9-6-10-14(17(12)13-7-4-3-5-8-13)15-11-16(21)19(23)20(24)18(15)22/h3-11H,2H2,1H3. The van der Waals surface area contributed by atoms with Gasteiger partial charge in [0.05, 0.1) is 0 Å². The van der Waals surface area contributed by atoms with E-state index in [0.29, 0.717) is 23.6 Å². The van der Waals surface area contributed by atoms with Gasteiger partial charge in [0, 0.05) is 5.56 Å². The molecule has 0 N–H and O–H groups in total. The van der Waals surface area contributed by atoms with Crippen LogP contribution in [0.1, 0.15) is 12.5 Å². The van der Waals surface area contributed by atoms with Crippen LogP contribution >= 0.6 is 0 Å². The second kappa shape index (κ2) is 6.48. The molecule has 0 aromatic heterocycles. The minimum Gasteiger partial charge on any atom is -0.204 e. The molecule has 0 aliphatic rings. The van der Waals surface area contributed by atoms with Crippen LogP contribution in [-0.4, -0.2) is 0 Å². The van der Waals surface area contributed by atoms with Crippen LogP contribution in [0.4, 0.5) is 17.6 Å². The summed E-state index contributed by atoms with van der Waals surface area (Å²) in [7, 11) is 0. The Labute approximate surface area is 137 Å². The zero-order valence-electron chi connectivity index (χ0n) is 12.9. The van der Waals surface area contributed by atoms with Gasteiger partial charge in [0.25, 0.3) is 0 Å². The average molecular weight is 330 g/mol. The lowest BCUT2D eigenvalue weighted by Crippen LogP contribution is -2.00. The highest BCUT2D eigenvalue weighted by molar-refractivity contribution is 5.86. The molecule has 0 aliphatic heterocycles. The molecule has 0 unspecified atom stereocenters. The molecule has 0 bridgehead atoms. The molecule has 0 radical (unpaired) electrons. The predicted octanol–water partition coefficient (Wildman–Crippen LogP) is 6.14. The lowest BCUT2D eigenvalue weighted by atomic mass is 9.89. The van der Waals surface area contributed by atoms with Gasteiger partial charge in [-0.1, -0.05) is 55.5 Å². The fraction of sp³-hybridized carbons (Fsp3) is 0.100. The van der Waals surface area contributed by atoms with Gasteiger partial charge in [-0.3, -0.25) is 0 Å². The Morgan fingerprint density at radius 1 is 0.708 bits per heavy atom. The van der Waals surface area contributed by atoms with Crippen LogP contribution in [0, 0.1) is 23.3 Å². The van der Waals surface area contributed by atoms with Crippen LogP contribution in [0.25, 0.3) is 22.3 Å². The maximum atomic E-state index is 14.3. The first kappa shape index (κ1) is 16.2. The summed E-state index contributed by atoms with van der Waals surface area (Å²) in [6.07, 6.45) is 0.659. The number of hydrogen-bond acceptors (Lipinski definition) is 0. The number of hydrogen-bond donors (Lipinski definition) is 0. The van der Waals surface area contributed by atoms with E-state index in [0.717, 1.165) is 11.1 Å². The molecular weight excluding hydrogens is 316 g/mol. The zero-order chi connectivity index (χ0) is 17.3. The van der Waals surface area contributed by atoms with Gasteiger partial charge in [-0.05, 0) is 34.7 Å². The van der Waals surface area contributed by atoms with E-state index in [-0.39, 0.29) is 5.56 Å². The quantitative estimate of drug-likeness (QED) is 0.307. The van der Waals surface area contributed by atoms with E-state index in [2.05, 4.69) is 0 Å². The highest BCUT2D eigenvalue weighted by Crippen LogP contribution is 2.37. The monoisotopic (exact) mass is 330 g/mol. The largest absolute Gasteiger partial charge is 0.204 e. The first-order valence-electron chi connectivity index (χ1n) is 7.55. The van der Waals surface area contributed by atoms with Crippen molar-refractivity contribution >= 4 is 0 Å². The Hall–Kier alpha value is -2.62. The third kappa shape index (κ3) is 2.68. The fourth-order valence-corrected chi connectivity index (χ4v) is 2.83. The number of aryl methyl sites for hydroxylation is 1. The van der Waals surface area contributed by atoms with Crippen molar-refractivity contribution in [2.24, 2.45) is 0 Å². The van der Waals surface area contributed by atoms with Crippen molar-refractivity contribution < 1.29 is 17.6 Å². The van der Waals surface area contributed by atoms with E-state index >= 15 is 0 Å². The Morgan fingerprint density at radius 2 is 1.42 bits per heavy atom. The molecular formula is C20H14F4. The van der Waals surface area contributed by atoms with Crippen molar-refractivity contribution in [2.45, 2.75) is 13.3 Å². The minimum atomic E-state index is -1.80. The van der Waals surface area contributed by atoms with Gasteiger partial charge >= 0.3 is 0 Å². The van der Waals surface area contributed by atoms with E-state index < -0.39 is 23.3 Å². The molecule has 0 fully saturated rings. The summed E-state index contributed by atoms with van der Waals surface area (Å²) in [5, 5.41) is 0.